The maximum absolute atomic E-state index is 12.2. The van der Waals surface area contributed by atoms with E-state index in [2.05, 4.69) is 10.6 Å². The minimum atomic E-state index is -0.407. The van der Waals surface area contributed by atoms with E-state index in [-0.39, 0.29) is 12.1 Å². The number of hydrogen-bond donors (Lipinski definition) is 2. The Labute approximate surface area is 144 Å². The lowest BCUT2D eigenvalue weighted by Gasteiger charge is -2.28. The Kier molecular flexibility index (Phi) is 6.04. The molecule has 1 aliphatic rings. The maximum atomic E-state index is 12.2. The number of esters is 1. The second-order valence-corrected chi connectivity index (χ2v) is 7.11. The average Bonchev–Trinajstić information content (AvgIpc) is 2.83. The normalized spacial score (nSPS) is 18.0. The van der Waals surface area contributed by atoms with Crippen molar-refractivity contribution in [3.8, 4) is 0 Å². The van der Waals surface area contributed by atoms with Gasteiger partial charge in [-0.05, 0) is 33.0 Å². The second-order valence-electron chi connectivity index (χ2n) is 5.31. The first kappa shape index (κ1) is 17.8. The molecule has 2 N–H and O–H groups in total. The van der Waals surface area contributed by atoms with Crippen molar-refractivity contribution in [2.24, 2.45) is 0 Å². The highest BCUT2D eigenvalue weighted by molar-refractivity contribution is 7.16. The Morgan fingerprint density at radius 2 is 2.17 bits per heavy atom. The molecule has 0 aromatic carbocycles. The van der Waals surface area contributed by atoms with Crippen molar-refractivity contribution in [3.63, 3.8) is 0 Å². The summed E-state index contributed by atoms with van der Waals surface area (Å²) in [5.41, 5.74) is 1.03. The summed E-state index contributed by atoms with van der Waals surface area (Å²) in [6.07, 6.45) is 0. The molecule has 0 saturated heterocycles. The van der Waals surface area contributed by atoms with Gasteiger partial charge in [0.15, 0.2) is 0 Å². The quantitative estimate of drug-likeness (QED) is 0.767. The van der Waals surface area contributed by atoms with E-state index in [0.29, 0.717) is 31.0 Å². The minimum Gasteiger partial charge on any atom is -0.463 e. The summed E-state index contributed by atoms with van der Waals surface area (Å²) in [4.78, 5) is 27.0. The van der Waals surface area contributed by atoms with Crippen molar-refractivity contribution in [2.45, 2.75) is 26.4 Å². The highest BCUT2D eigenvalue weighted by atomic mass is 35.5. The number of urea groups is 1. The predicted molar refractivity (Wildman–Crippen MR) is 90.5 cm³/mol. The van der Waals surface area contributed by atoms with Crippen LogP contribution in [0.2, 0.25) is 4.34 Å². The molecule has 6 nitrogen and oxygen atoms in total. The molecule has 0 aliphatic carbocycles. The largest absolute Gasteiger partial charge is 0.463 e. The number of carbonyl (C=O) groups is 2. The fraction of sp³-hybridized carbons (Fsp3) is 0.467. The summed E-state index contributed by atoms with van der Waals surface area (Å²) in [5.74, 6) is -0.407. The molecular formula is C15H20ClN3O3S. The summed E-state index contributed by atoms with van der Waals surface area (Å²) in [6, 6.07) is 3.12. The van der Waals surface area contributed by atoms with Crippen LogP contribution in [-0.2, 0) is 16.1 Å². The third kappa shape index (κ3) is 4.70. The van der Waals surface area contributed by atoms with Crippen LogP contribution in [0.4, 0.5) is 4.79 Å². The van der Waals surface area contributed by atoms with Gasteiger partial charge in [0, 0.05) is 23.7 Å². The molecule has 2 heterocycles. The Balaban J connectivity index is 2.15. The fourth-order valence-corrected chi connectivity index (χ4v) is 3.60. The molecule has 2 rings (SSSR count). The zero-order chi connectivity index (χ0) is 17.0. The fourth-order valence-electron chi connectivity index (χ4n) is 2.43. The van der Waals surface area contributed by atoms with Crippen molar-refractivity contribution in [1.29, 1.82) is 0 Å². The Morgan fingerprint density at radius 3 is 2.78 bits per heavy atom. The lowest BCUT2D eigenvalue weighted by atomic mass is 10.0. The summed E-state index contributed by atoms with van der Waals surface area (Å²) in [7, 11) is 1.92. The molecule has 1 atom stereocenters. The van der Waals surface area contributed by atoms with E-state index in [4.69, 9.17) is 16.3 Å². The van der Waals surface area contributed by atoms with Crippen LogP contribution in [0.3, 0.4) is 0 Å². The van der Waals surface area contributed by atoms with Crippen molar-refractivity contribution < 1.29 is 14.3 Å². The number of likely N-dealkylation sites (N-methyl/N-ethyl adjacent to an activating group) is 1. The molecule has 2 amide bonds. The molecule has 1 aromatic heterocycles. The van der Waals surface area contributed by atoms with Gasteiger partial charge in [-0.25, -0.2) is 9.59 Å². The van der Waals surface area contributed by atoms with Gasteiger partial charge in [0.2, 0.25) is 0 Å². The molecule has 0 saturated carbocycles. The van der Waals surface area contributed by atoms with Crippen LogP contribution in [0.25, 0.3) is 0 Å². The molecule has 1 aromatic rings. The van der Waals surface area contributed by atoms with E-state index < -0.39 is 5.97 Å². The number of rotatable bonds is 6. The highest BCUT2D eigenvalue weighted by Gasteiger charge is 2.30. The van der Waals surface area contributed by atoms with Crippen LogP contribution in [-0.4, -0.2) is 43.1 Å². The topological polar surface area (TPSA) is 70.7 Å². The first-order valence-electron chi connectivity index (χ1n) is 7.31. The number of ether oxygens (including phenoxy) is 1. The van der Waals surface area contributed by atoms with Gasteiger partial charge in [-0.1, -0.05) is 11.6 Å². The molecule has 126 valence electrons. The standard InChI is InChI=1S/C15H20ClN3O3S/c1-4-22-14(20)13-9(2)17-15(21)18-11(13)8-19(3)7-10-5-6-12(16)23-10/h5-6,9H,4,7-8H2,1-3H3,(H2,17,18,21). The van der Waals surface area contributed by atoms with Crippen molar-refractivity contribution in [1.82, 2.24) is 15.5 Å². The van der Waals surface area contributed by atoms with Crippen molar-refractivity contribution in [2.75, 3.05) is 20.2 Å². The zero-order valence-electron chi connectivity index (χ0n) is 13.3. The second kappa shape index (κ2) is 7.81. The van der Waals surface area contributed by atoms with Crippen LogP contribution in [0.5, 0.6) is 0 Å². The van der Waals surface area contributed by atoms with E-state index in [1.165, 1.54) is 11.3 Å². The molecule has 1 unspecified atom stereocenters. The summed E-state index contributed by atoms with van der Waals surface area (Å²) in [6.45, 7) is 4.92. The Hall–Kier alpha value is -1.57. The minimum absolute atomic E-state index is 0.291. The number of hydrogen-bond acceptors (Lipinski definition) is 5. The van der Waals surface area contributed by atoms with Gasteiger partial charge in [-0.3, -0.25) is 4.90 Å². The van der Waals surface area contributed by atoms with E-state index in [1.807, 2.05) is 24.1 Å². The first-order chi connectivity index (χ1) is 10.9. The predicted octanol–water partition coefficient (Wildman–Crippen LogP) is 2.35. The van der Waals surface area contributed by atoms with Crippen molar-refractivity contribution in [3.05, 3.63) is 32.6 Å². The number of thiophene rings is 1. The monoisotopic (exact) mass is 357 g/mol. The molecular weight excluding hydrogens is 338 g/mol. The van der Waals surface area contributed by atoms with E-state index >= 15 is 0 Å². The Morgan fingerprint density at radius 1 is 1.43 bits per heavy atom. The van der Waals surface area contributed by atoms with Crippen LogP contribution in [0, 0.1) is 0 Å². The molecule has 8 heteroatoms. The zero-order valence-corrected chi connectivity index (χ0v) is 14.9. The third-order valence-electron chi connectivity index (χ3n) is 3.35. The molecule has 23 heavy (non-hydrogen) atoms. The molecule has 0 radical (unpaired) electrons. The van der Waals surface area contributed by atoms with Gasteiger partial charge >= 0.3 is 12.0 Å². The lowest BCUT2D eigenvalue weighted by molar-refractivity contribution is -0.139. The number of nitrogens with one attached hydrogen (secondary N) is 2. The molecule has 0 bridgehead atoms. The van der Waals surface area contributed by atoms with E-state index in [9.17, 15) is 9.59 Å². The summed E-state index contributed by atoms with van der Waals surface area (Å²) < 4.78 is 5.84. The number of amides is 2. The molecule has 0 spiro atoms. The van der Waals surface area contributed by atoms with Crippen LogP contribution >= 0.6 is 22.9 Å². The average molecular weight is 358 g/mol. The van der Waals surface area contributed by atoms with Crippen LogP contribution < -0.4 is 10.6 Å². The summed E-state index contributed by atoms with van der Waals surface area (Å²) >= 11 is 7.45. The van der Waals surface area contributed by atoms with Gasteiger partial charge in [-0.2, -0.15) is 0 Å². The van der Waals surface area contributed by atoms with E-state index in [0.717, 1.165) is 9.21 Å². The summed E-state index contributed by atoms with van der Waals surface area (Å²) in [5, 5.41) is 5.40. The lowest BCUT2D eigenvalue weighted by Crippen LogP contribution is -2.51. The number of nitrogens with zero attached hydrogens (tertiary/aromatic N) is 1. The van der Waals surface area contributed by atoms with Gasteiger partial charge in [-0.15, -0.1) is 11.3 Å². The third-order valence-corrected chi connectivity index (χ3v) is 4.56. The van der Waals surface area contributed by atoms with Gasteiger partial charge < -0.3 is 15.4 Å². The van der Waals surface area contributed by atoms with Crippen molar-refractivity contribution >= 4 is 34.9 Å². The molecule has 1 aliphatic heterocycles. The van der Waals surface area contributed by atoms with Gasteiger partial charge in [0.05, 0.1) is 22.6 Å². The first-order valence-corrected chi connectivity index (χ1v) is 8.50. The maximum Gasteiger partial charge on any atom is 0.337 e. The van der Waals surface area contributed by atoms with Gasteiger partial charge in [0.25, 0.3) is 0 Å². The number of halogens is 1. The Bertz CT molecular complexity index is 629. The van der Waals surface area contributed by atoms with E-state index in [1.54, 1.807) is 13.8 Å². The highest BCUT2D eigenvalue weighted by Crippen LogP contribution is 2.23. The molecule has 0 fully saturated rings. The van der Waals surface area contributed by atoms with Crippen LogP contribution in [0.1, 0.15) is 18.7 Å². The SMILES string of the molecule is CCOC(=O)C1=C(CN(C)Cc2ccc(Cl)s2)NC(=O)NC1C. The van der Waals surface area contributed by atoms with Gasteiger partial charge in [0.1, 0.15) is 0 Å². The van der Waals surface area contributed by atoms with Crippen LogP contribution in [0.15, 0.2) is 23.4 Å². The number of carbonyl (C=O) groups excluding carboxylic acids is 2. The smallest absolute Gasteiger partial charge is 0.337 e.